The number of hydrogen-bond acceptors (Lipinski definition) is 5. The zero-order chi connectivity index (χ0) is 24.3. The number of ether oxygens (including phenoxy) is 2. The first-order valence-electron chi connectivity index (χ1n) is 10.1. The van der Waals surface area contributed by atoms with Gasteiger partial charge < -0.3 is 14.8 Å². The molecule has 0 fully saturated rings. The van der Waals surface area contributed by atoms with Gasteiger partial charge in [0.1, 0.15) is 25.6 Å². The van der Waals surface area contributed by atoms with Gasteiger partial charge >= 0.3 is 0 Å². The number of sulfonamides is 1. The first-order chi connectivity index (χ1) is 16.2. The number of anilines is 1. The van der Waals surface area contributed by atoms with E-state index >= 15 is 0 Å². The van der Waals surface area contributed by atoms with Crippen LogP contribution in [0.1, 0.15) is 5.56 Å². The van der Waals surface area contributed by atoms with E-state index in [4.69, 9.17) is 32.7 Å². The molecule has 1 aliphatic rings. The lowest BCUT2D eigenvalue weighted by molar-refractivity contribution is -0.119. The zero-order valence-electron chi connectivity index (χ0n) is 17.6. The lowest BCUT2D eigenvalue weighted by Gasteiger charge is -2.25. The predicted molar refractivity (Wildman–Crippen MR) is 127 cm³/mol. The number of benzene rings is 3. The van der Waals surface area contributed by atoms with E-state index in [-0.39, 0.29) is 29.5 Å². The SMILES string of the molecule is O=C(CN(c1ccc(F)cc1)S(=O)(=O)c1ccc2c(c1)OCCO2)NCc1ccc(Cl)cc1Cl. The van der Waals surface area contributed by atoms with Crippen molar-refractivity contribution in [2.45, 2.75) is 11.4 Å². The summed E-state index contributed by atoms with van der Waals surface area (Å²) >= 11 is 12.0. The molecule has 1 aliphatic heterocycles. The minimum absolute atomic E-state index is 0.0656. The van der Waals surface area contributed by atoms with Crippen molar-refractivity contribution >= 4 is 44.8 Å². The second-order valence-electron chi connectivity index (χ2n) is 7.31. The van der Waals surface area contributed by atoms with Crippen LogP contribution >= 0.6 is 23.2 Å². The van der Waals surface area contributed by atoms with Crippen molar-refractivity contribution < 1.29 is 27.1 Å². The molecule has 0 saturated heterocycles. The molecule has 0 atom stereocenters. The molecular formula is C23H19Cl2FN2O5S. The van der Waals surface area contributed by atoms with Crippen LogP contribution < -0.4 is 19.1 Å². The number of halogens is 3. The molecule has 0 saturated carbocycles. The number of nitrogens with zero attached hydrogens (tertiary/aromatic N) is 1. The second kappa shape index (κ2) is 10.1. The fraction of sp³-hybridized carbons (Fsp3) is 0.174. The number of fused-ring (bicyclic) bond motifs is 1. The Morgan fingerprint density at radius 2 is 1.68 bits per heavy atom. The summed E-state index contributed by atoms with van der Waals surface area (Å²) in [6.45, 7) is 0.163. The molecular weight excluding hydrogens is 506 g/mol. The van der Waals surface area contributed by atoms with Gasteiger partial charge in [-0.15, -0.1) is 0 Å². The molecule has 1 N–H and O–H groups in total. The number of carbonyl (C=O) groups excluding carboxylic acids is 1. The Morgan fingerprint density at radius 1 is 0.971 bits per heavy atom. The monoisotopic (exact) mass is 524 g/mol. The highest BCUT2D eigenvalue weighted by atomic mass is 35.5. The van der Waals surface area contributed by atoms with Crippen LogP contribution in [0.3, 0.4) is 0 Å². The van der Waals surface area contributed by atoms with Crippen LogP contribution in [-0.2, 0) is 21.4 Å². The van der Waals surface area contributed by atoms with Crippen molar-refractivity contribution in [1.29, 1.82) is 0 Å². The van der Waals surface area contributed by atoms with Gasteiger partial charge in [-0.05, 0) is 54.1 Å². The highest BCUT2D eigenvalue weighted by Crippen LogP contribution is 2.34. The van der Waals surface area contributed by atoms with Gasteiger partial charge in [0.25, 0.3) is 10.0 Å². The van der Waals surface area contributed by atoms with Crippen LogP contribution in [0.4, 0.5) is 10.1 Å². The molecule has 0 aromatic heterocycles. The van der Waals surface area contributed by atoms with Crippen molar-refractivity contribution in [3.63, 3.8) is 0 Å². The van der Waals surface area contributed by atoms with Gasteiger partial charge in [-0.25, -0.2) is 12.8 Å². The molecule has 1 amide bonds. The van der Waals surface area contributed by atoms with Gasteiger partial charge in [-0.3, -0.25) is 9.10 Å². The molecule has 0 unspecified atom stereocenters. The normalized spacial score (nSPS) is 12.8. The first kappa shape index (κ1) is 24.1. The molecule has 3 aromatic carbocycles. The Bertz CT molecular complexity index is 1320. The van der Waals surface area contributed by atoms with E-state index in [0.717, 1.165) is 16.4 Å². The predicted octanol–water partition coefficient (Wildman–Crippen LogP) is 4.42. The quantitative estimate of drug-likeness (QED) is 0.494. The lowest BCUT2D eigenvalue weighted by Crippen LogP contribution is -2.40. The summed E-state index contributed by atoms with van der Waals surface area (Å²) in [5.74, 6) is -0.414. The maximum atomic E-state index is 13.5. The average molecular weight is 525 g/mol. The van der Waals surface area contributed by atoms with Gasteiger partial charge in [-0.1, -0.05) is 29.3 Å². The van der Waals surface area contributed by atoms with E-state index in [0.29, 0.717) is 28.0 Å². The van der Waals surface area contributed by atoms with Crippen LogP contribution in [0.25, 0.3) is 0 Å². The van der Waals surface area contributed by atoms with E-state index in [1.54, 1.807) is 18.2 Å². The van der Waals surface area contributed by atoms with Crippen LogP contribution in [0.15, 0.2) is 65.6 Å². The molecule has 0 spiro atoms. The number of carbonyl (C=O) groups is 1. The van der Waals surface area contributed by atoms with Gasteiger partial charge in [-0.2, -0.15) is 0 Å². The van der Waals surface area contributed by atoms with Crippen molar-refractivity contribution in [1.82, 2.24) is 5.32 Å². The number of hydrogen-bond donors (Lipinski definition) is 1. The van der Waals surface area contributed by atoms with E-state index in [1.165, 1.54) is 30.3 Å². The molecule has 0 radical (unpaired) electrons. The minimum atomic E-state index is -4.22. The van der Waals surface area contributed by atoms with Gasteiger partial charge in [0.05, 0.1) is 10.6 Å². The molecule has 178 valence electrons. The maximum Gasteiger partial charge on any atom is 0.264 e. The number of nitrogens with one attached hydrogen (secondary N) is 1. The van der Waals surface area contributed by atoms with Crippen molar-refractivity contribution in [2.24, 2.45) is 0 Å². The molecule has 0 aliphatic carbocycles. The third kappa shape index (κ3) is 5.38. The molecule has 7 nitrogen and oxygen atoms in total. The van der Waals surface area contributed by atoms with Gasteiger partial charge in [0.15, 0.2) is 11.5 Å². The topological polar surface area (TPSA) is 84.9 Å². The Kier molecular flexibility index (Phi) is 7.16. The Labute approximate surface area is 206 Å². The summed E-state index contributed by atoms with van der Waals surface area (Å²) in [5, 5.41) is 3.47. The van der Waals surface area contributed by atoms with E-state index < -0.39 is 28.3 Å². The highest BCUT2D eigenvalue weighted by molar-refractivity contribution is 7.92. The van der Waals surface area contributed by atoms with Crippen LogP contribution in [-0.4, -0.2) is 34.1 Å². The minimum Gasteiger partial charge on any atom is -0.486 e. The molecule has 4 rings (SSSR count). The Hall–Kier alpha value is -3.01. The number of rotatable bonds is 7. The molecule has 3 aromatic rings. The average Bonchev–Trinajstić information content (AvgIpc) is 2.82. The van der Waals surface area contributed by atoms with E-state index in [9.17, 15) is 17.6 Å². The molecule has 0 bridgehead atoms. The smallest absolute Gasteiger partial charge is 0.264 e. The number of amides is 1. The summed E-state index contributed by atoms with van der Waals surface area (Å²) in [5.41, 5.74) is 0.735. The van der Waals surface area contributed by atoms with Gasteiger partial charge in [0.2, 0.25) is 5.91 Å². The molecule has 11 heteroatoms. The summed E-state index contributed by atoms with van der Waals surface area (Å²) < 4.78 is 52.4. The van der Waals surface area contributed by atoms with E-state index in [1.807, 2.05) is 0 Å². The second-order valence-corrected chi connectivity index (χ2v) is 10.0. The Morgan fingerprint density at radius 3 is 2.38 bits per heavy atom. The van der Waals surface area contributed by atoms with Gasteiger partial charge in [0, 0.05) is 22.7 Å². The lowest BCUT2D eigenvalue weighted by atomic mass is 10.2. The van der Waals surface area contributed by atoms with E-state index in [2.05, 4.69) is 5.32 Å². The first-order valence-corrected chi connectivity index (χ1v) is 12.3. The molecule has 1 heterocycles. The fourth-order valence-corrected chi connectivity index (χ4v) is 5.19. The largest absolute Gasteiger partial charge is 0.486 e. The van der Waals surface area contributed by atoms with Crippen molar-refractivity contribution in [3.05, 3.63) is 82.1 Å². The third-order valence-corrected chi connectivity index (χ3v) is 7.35. The highest BCUT2D eigenvalue weighted by Gasteiger charge is 2.29. The Balaban J connectivity index is 1.60. The molecule has 34 heavy (non-hydrogen) atoms. The van der Waals surface area contributed by atoms with Crippen LogP contribution in [0, 0.1) is 5.82 Å². The summed E-state index contributed by atoms with van der Waals surface area (Å²) in [4.78, 5) is 12.6. The zero-order valence-corrected chi connectivity index (χ0v) is 20.0. The fourth-order valence-electron chi connectivity index (χ4n) is 3.28. The van der Waals surface area contributed by atoms with Crippen LogP contribution in [0.5, 0.6) is 11.5 Å². The van der Waals surface area contributed by atoms with Crippen molar-refractivity contribution in [3.8, 4) is 11.5 Å². The van der Waals surface area contributed by atoms with Crippen molar-refractivity contribution in [2.75, 3.05) is 24.1 Å². The summed E-state index contributed by atoms with van der Waals surface area (Å²) in [7, 11) is -4.22. The maximum absolute atomic E-state index is 13.5. The third-order valence-electron chi connectivity index (χ3n) is 4.99. The summed E-state index contributed by atoms with van der Waals surface area (Å²) in [6, 6.07) is 13.8. The summed E-state index contributed by atoms with van der Waals surface area (Å²) in [6.07, 6.45) is 0. The van der Waals surface area contributed by atoms with Crippen LogP contribution in [0.2, 0.25) is 10.0 Å². The standard InChI is InChI=1S/C23H19Cl2FN2O5S/c24-16-2-1-15(20(25)11-16)13-27-23(29)14-28(18-5-3-17(26)4-6-18)34(30,31)19-7-8-21-22(12-19)33-10-9-32-21/h1-8,11-12H,9-10,13-14H2,(H,27,29).